The van der Waals surface area contributed by atoms with Gasteiger partial charge in [0.05, 0.1) is 18.8 Å². The molecule has 2 rings (SSSR count). The Hall–Kier alpha value is -3.07. The molecule has 0 aliphatic heterocycles. The Bertz CT molecular complexity index is 790. The number of nitrogens with zero attached hydrogens (tertiary/aromatic N) is 3. The molecule has 1 aromatic heterocycles. The van der Waals surface area contributed by atoms with Crippen molar-refractivity contribution in [3.05, 3.63) is 59.1 Å². The Labute approximate surface area is 149 Å². The van der Waals surface area contributed by atoms with Crippen LogP contribution in [0.4, 0.5) is 20.5 Å². The van der Waals surface area contributed by atoms with Gasteiger partial charge in [-0.1, -0.05) is 6.07 Å². The third-order valence-corrected chi connectivity index (χ3v) is 3.36. The number of aliphatic hydroxyl groups is 1. The Morgan fingerprint density at radius 2 is 2.08 bits per heavy atom. The van der Waals surface area contributed by atoms with Gasteiger partial charge in [0.2, 0.25) is 5.95 Å². The molecule has 0 amide bonds. The molecule has 0 spiro atoms. The summed E-state index contributed by atoms with van der Waals surface area (Å²) in [5, 5.41) is 14.5. The second-order valence-electron chi connectivity index (χ2n) is 5.28. The quantitative estimate of drug-likeness (QED) is 0.535. The van der Waals surface area contributed by atoms with E-state index in [1.165, 1.54) is 30.6 Å². The first-order chi connectivity index (χ1) is 12.5. The lowest BCUT2D eigenvalue weighted by Crippen LogP contribution is -2.11. The maximum atomic E-state index is 13.7. The third-order valence-electron chi connectivity index (χ3n) is 3.36. The summed E-state index contributed by atoms with van der Waals surface area (Å²) in [6.07, 6.45) is 4.29. The van der Waals surface area contributed by atoms with E-state index in [-0.39, 0.29) is 31.2 Å². The normalized spacial score (nSPS) is 11.8. The number of nitrogens with two attached hydrogens (primary N) is 1. The zero-order chi connectivity index (χ0) is 18.9. The van der Waals surface area contributed by atoms with E-state index in [4.69, 9.17) is 10.8 Å². The van der Waals surface area contributed by atoms with Crippen molar-refractivity contribution >= 4 is 18.0 Å². The van der Waals surface area contributed by atoms with Crippen LogP contribution in [0.3, 0.4) is 0 Å². The average Bonchev–Trinajstić information content (AvgIpc) is 2.63. The number of allylic oxidation sites excluding steroid dienone is 1. The van der Waals surface area contributed by atoms with Gasteiger partial charge in [-0.2, -0.15) is 4.98 Å². The molecule has 1 aromatic carbocycles. The number of rotatable bonds is 8. The molecule has 0 saturated heterocycles. The first kappa shape index (κ1) is 19.3. The summed E-state index contributed by atoms with van der Waals surface area (Å²) in [7, 11) is 0. The van der Waals surface area contributed by atoms with Crippen LogP contribution in [0.5, 0.6) is 0 Å². The number of aliphatic imine (C=N–C) groups is 1. The molecule has 5 N–H and O–H groups in total. The summed E-state index contributed by atoms with van der Waals surface area (Å²) in [4.78, 5) is 12.4. The molecular weight excluding hydrogens is 342 g/mol. The first-order valence-electron chi connectivity index (χ1n) is 7.85. The third kappa shape index (κ3) is 5.21. The van der Waals surface area contributed by atoms with Gasteiger partial charge >= 0.3 is 0 Å². The van der Waals surface area contributed by atoms with Crippen molar-refractivity contribution in [2.45, 2.75) is 13.5 Å². The molecule has 138 valence electrons. The molecule has 0 bridgehead atoms. The van der Waals surface area contributed by atoms with Crippen LogP contribution in [0.25, 0.3) is 0 Å². The highest BCUT2D eigenvalue weighted by atomic mass is 19.1. The van der Waals surface area contributed by atoms with E-state index in [9.17, 15) is 8.78 Å². The molecule has 2 aromatic rings. The molecule has 26 heavy (non-hydrogen) atoms. The number of aromatic nitrogens is 2. The molecular formula is C17H20F2N6O. The van der Waals surface area contributed by atoms with Gasteiger partial charge in [0, 0.05) is 36.3 Å². The minimum atomic E-state index is -0.629. The van der Waals surface area contributed by atoms with Gasteiger partial charge < -0.3 is 21.5 Å². The molecule has 0 aliphatic rings. The molecule has 9 heteroatoms. The van der Waals surface area contributed by atoms with Gasteiger partial charge in [-0.15, -0.1) is 0 Å². The van der Waals surface area contributed by atoms with Gasteiger partial charge in [-0.25, -0.2) is 13.8 Å². The molecule has 0 saturated carbocycles. The van der Waals surface area contributed by atoms with Gasteiger partial charge in [-0.05, 0) is 19.1 Å². The van der Waals surface area contributed by atoms with Gasteiger partial charge in [-0.3, -0.25) is 4.99 Å². The van der Waals surface area contributed by atoms with Crippen molar-refractivity contribution in [2.75, 3.05) is 23.8 Å². The zero-order valence-electron chi connectivity index (χ0n) is 14.2. The maximum Gasteiger partial charge on any atom is 0.229 e. The Balaban J connectivity index is 2.12. The summed E-state index contributed by atoms with van der Waals surface area (Å²) in [5.41, 5.74) is 6.58. The van der Waals surface area contributed by atoms with Crippen molar-refractivity contribution < 1.29 is 13.9 Å². The SMILES string of the molecule is Cc1cnc(N/C(C=NCCO)=C/N)nc1NCc1c(F)cccc1F. The van der Waals surface area contributed by atoms with E-state index in [1.807, 2.05) is 0 Å². The van der Waals surface area contributed by atoms with Crippen molar-refractivity contribution in [3.8, 4) is 0 Å². The molecule has 7 nitrogen and oxygen atoms in total. The van der Waals surface area contributed by atoms with Gasteiger partial charge in [0.25, 0.3) is 0 Å². The molecule has 0 aliphatic carbocycles. The Morgan fingerprint density at radius 3 is 2.73 bits per heavy atom. The van der Waals surface area contributed by atoms with Crippen molar-refractivity contribution in [1.29, 1.82) is 0 Å². The lowest BCUT2D eigenvalue weighted by Gasteiger charge is -2.12. The standard InChI is InChI=1S/C17H20F2N6O/c1-11-8-23-17(24-12(7-20)9-21-5-6-26)25-16(11)22-10-13-14(18)3-2-4-15(13)19/h2-4,7-9,26H,5-6,10,20H2,1H3,(H2,22,23,24,25)/b12-7+,21-9?. The largest absolute Gasteiger partial charge is 0.403 e. The summed E-state index contributed by atoms with van der Waals surface area (Å²) in [6, 6.07) is 3.71. The van der Waals surface area contributed by atoms with Crippen LogP contribution in [0.2, 0.25) is 0 Å². The van der Waals surface area contributed by atoms with Crippen LogP contribution in [0, 0.1) is 18.6 Å². The van der Waals surface area contributed by atoms with Crippen molar-refractivity contribution in [1.82, 2.24) is 9.97 Å². The smallest absolute Gasteiger partial charge is 0.229 e. The van der Waals surface area contributed by atoms with Crippen molar-refractivity contribution in [3.63, 3.8) is 0 Å². The van der Waals surface area contributed by atoms with Crippen LogP contribution in [-0.4, -0.2) is 34.4 Å². The second-order valence-corrected chi connectivity index (χ2v) is 5.28. The second kappa shape index (κ2) is 9.42. The maximum absolute atomic E-state index is 13.7. The van der Waals surface area contributed by atoms with E-state index < -0.39 is 11.6 Å². The van der Waals surface area contributed by atoms with E-state index in [2.05, 4.69) is 25.6 Å². The van der Waals surface area contributed by atoms with Gasteiger partial charge in [0.1, 0.15) is 17.5 Å². The summed E-state index contributed by atoms with van der Waals surface area (Å²) in [6.45, 7) is 1.88. The minimum Gasteiger partial charge on any atom is -0.403 e. The predicted octanol–water partition coefficient (Wildman–Crippen LogP) is 1.95. The summed E-state index contributed by atoms with van der Waals surface area (Å²) in [5.74, 6) is -0.597. The lowest BCUT2D eigenvalue weighted by molar-refractivity contribution is 0.307. The number of halogens is 2. The van der Waals surface area contributed by atoms with Crippen LogP contribution in [0.15, 0.2) is 41.3 Å². The fourth-order valence-corrected chi connectivity index (χ4v) is 2.02. The Morgan fingerprint density at radius 1 is 1.35 bits per heavy atom. The predicted molar refractivity (Wildman–Crippen MR) is 96.8 cm³/mol. The van der Waals surface area contributed by atoms with Crippen LogP contribution in [0.1, 0.15) is 11.1 Å². The number of hydrogen-bond donors (Lipinski definition) is 4. The Kier molecular flexibility index (Phi) is 6.98. The molecule has 0 fully saturated rings. The monoisotopic (exact) mass is 362 g/mol. The summed E-state index contributed by atoms with van der Waals surface area (Å²) < 4.78 is 27.4. The van der Waals surface area contributed by atoms with Gasteiger partial charge in [0.15, 0.2) is 0 Å². The number of hydrogen-bond acceptors (Lipinski definition) is 7. The average molecular weight is 362 g/mol. The lowest BCUT2D eigenvalue weighted by atomic mass is 10.2. The number of anilines is 2. The highest BCUT2D eigenvalue weighted by Crippen LogP contribution is 2.17. The number of aryl methyl sites for hydroxylation is 1. The highest BCUT2D eigenvalue weighted by molar-refractivity contribution is 5.82. The minimum absolute atomic E-state index is 0.0622. The number of aliphatic hydroxyl groups excluding tert-OH is 1. The first-order valence-corrected chi connectivity index (χ1v) is 7.85. The summed E-state index contributed by atoms with van der Waals surface area (Å²) >= 11 is 0. The van der Waals surface area contributed by atoms with E-state index in [1.54, 1.807) is 13.1 Å². The van der Waals surface area contributed by atoms with E-state index in [0.29, 0.717) is 17.1 Å². The molecule has 1 heterocycles. The van der Waals surface area contributed by atoms with Crippen LogP contribution < -0.4 is 16.4 Å². The van der Waals surface area contributed by atoms with E-state index in [0.717, 1.165) is 0 Å². The number of benzene rings is 1. The van der Waals surface area contributed by atoms with Crippen molar-refractivity contribution in [2.24, 2.45) is 10.7 Å². The zero-order valence-corrected chi connectivity index (χ0v) is 14.2. The fourth-order valence-electron chi connectivity index (χ4n) is 2.02. The number of nitrogens with one attached hydrogen (secondary N) is 2. The highest BCUT2D eigenvalue weighted by Gasteiger charge is 2.10. The molecule has 0 atom stereocenters. The van der Waals surface area contributed by atoms with Crippen LogP contribution in [-0.2, 0) is 6.54 Å². The molecule has 0 radical (unpaired) electrons. The van der Waals surface area contributed by atoms with E-state index >= 15 is 0 Å². The van der Waals surface area contributed by atoms with Crippen LogP contribution >= 0.6 is 0 Å². The fraction of sp³-hybridized carbons (Fsp3) is 0.235. The molecule has 0 unspecified atom stereocenters. The topological polar surface area (TPSA) is 108 Å².